The van der Waals surface area contributed by atoms with E-state index in [1.54, 1.807) is 25.1 Å². The van der Waals surface area contributed by atoms with E-state index in [2.05, 4.69) is 10.3 Å². The van der Waals surface area contributed by atoms with Gasteiger partial charge in [0.2, 0.25) is 0 Å². The lowest BCUT2D eigenvalue weighted by atomic mass is 9.99. The molecule has 0 atom stereocenters. The molecule has 5 heteroatoms. The fourth-order valence-corrected chi connectivity index (χ4v) is 2.78. The maximum atomic E-state index is 13.9. The molecule has 1 aliphatic rings. The predicted molar refractivity (Wildman–Crippen MR) is 84.8 cm³/mol. The number of benzene rings is 1. The number of pyridine rings is 1. The van der Waals surface area contributed by atoms with Crippen LogP contribution in [0.25, 0.3) is 0 Å². The van der Waals surface area contributed by atoms with Gasteiger partial charge in [-0.1, -0.05) is 18.2 Å². The van der Waals surface area contributed by atoms with Crippen molar-refractivity contribution >= 4 is 5.97 Å². The summed E-state index contributed by atoms with van der Waals surface area (Å²) in [5.74, 6) is -0.691. The van der Waals surface area contributed by atoms with Gasteiger partial charge in [0.15, 0.2) is 0 Å². The van der Waals surface area contributed by atoms with Crippen molar-refractivity contribution < 1.29 is 13.9 Å². The van der Waals surface area contributed by atoms with E-state index in [4.69, 9.17) is 4.74 Å². The zero-order valence-electron chi connectivity index (χ0n) is 13.1. The fraction of sp³-hybridized carbons (Fsp3) is 0.333. The Morgan fingerprint density at radius 3 is 3.00 bits per heavy atom. The van der Waals surface area contributed by atoms with Gasteiger partial charge in [0.1, 0.15) is 5.82 Å². The van der Waals surface area contributed by atoms with Crippen molar-refractivity contribution in [1.82, 2.24) is 10.3 Å². The normalized spacial score (nSPS) is 13.5. The van der Waals surface area contributed by atoms with Crippen molar-refractivity contribution in [1.29, 1.82) is 0 Å². The monoisotopic (exact) mass is 314 g/mol. The zero-order valence-corrected chi connectivity index (χ0v) is 13.1. The topological polar surface area (TPSA) is 51.2 Å². The molecule has 0 radical (unpaired) electrons. The second-order valence-corrected chi connectivity index (χ2v) is 5.50. The number of aromatic nitrogens is 1. The summed E-state index contributed by atoms with van der Waals surface area (Å²) in [4.78, 5) is 16.9. The molecule has 0 fully saturated rings. The number of halogens is 1. The molecule has 0 spiro atoms. The number of hydrogen-bond acceptors (Lipinski definition) is 4. The first-order valence-electron chi connectivity index (χ1n) is 7.82. The first-order chi connectivity index (χ1) is 11.2. The third kappa shape index (κ3) is 3.40. The molecule has 0 amide bonds. The summed E-state index contributed by atoms with van der Waals surface area (Å²) < 4.78 is 19.1. The van der Waals surface area contributed by atoms with E-state index in [0.717, 1.165) is 24.2 Å². The third-order valence-electron chi connectivity index (χ3n) is 3.94. The predicted octanol–water partition coefficient (Wildman–Crippen LogP) is 2.63. The standard InChI is InChI=1S/C18H19FN2O2/c1-2-23-18(22)14-9-13-11-20-8-7-16(13)21-17(14)10-12-5-3-4-6-15(12)19/h3-6,9,20H,2,7-8,10-11H2,1H3. The number of fused-ring (bicyclic) bond motifs is 1. The fourth-order valence-electron chi connectivity index (χ4n) is 2.78. The molecule has 3 rings (SSSR count). The molecule has 23 heavy (non-hydrogen) atoms. The highest BCUT2D eigenvalue weighted by molar-refractivity contribution is 5.91. The first kappa shape index (κ1) is 15.6. The van der Waals surface area contributed by atoms with Crippen molar-refractivity contribution in [2.24, 2.45) is 0 Å². The minimum atomic E-state index is -0.403. The van der Waals surface area contributed by atoms with Crippen molar-refractivity contribution in [3.63, 3.8) is 0 Å². The maximum Gasteiger partial charge on any atom is 0.340 e. The summed E-state index contributed by atoms with van der Waals surface area (Å²) in [6, 6.07) is 8.40. The molecule has 1 aromatic heterocycles. The average molecular weight is 314 g/mol. The molecule has 0 unspecified atom stereocenters. The molecule has 1 N–H and O–H groups in total. The minimum absolute atomic E-state index is 0.279. The first-order valence-corrected chi connectivity index (χ1v) is 7.82. The number of hydrogen-bond donors (Lipinski definition) is 1. The molecular formula is C18H19FN2O2. The van der Waals surface area contributed by atoms with E-state index in [0.29, 0.717) is 30.0 Å². The van der Waals surface area contributed by atoms with Crippen LogP contribution < -0.4 is 5.32 Å². The van der Waals surface area contributed by atoms with Crippen LogP contribution in [0.2, 0.25) is 0 Å². The van der Waals surface area contributed by atoms with Crippen molar-refractivity contribution in [2.75, 3.05) is 13.2 Å². The van der Waals surface area contributed by atoms with Crippen LogP contribution >= 0.6 is 0 Å². The zero-order chi connectivity index (χ0) is 16.2. The Balaban J connectivity index is 2.02. The lowest BCUT2D eigenvalue weighted by Gasteiger charge is -2.19. The van der Waals surface area contributed by atoms with E-state index in [1.807, 2.05) is 6.07 Å². The SMILES string of the molecule is CCOC(=O)c1cc2c(nc1Cc1ccccc1F)CCNC2. The molecular weight excluding hydrogens is 295 g/mol. The van der Waals surface area contributed by atoms with Crippen LogP contribution in [0, 0.1) is 5.82 Å². The number of carbonyl (C=O) groups excluding carboxylic acids is 1. The van der Waals surface area contributed by atoms with Crippen LogP contribution in [0.1, 0.15) is 39.8 Å². The highest BCUT2D eigenvalue weighted by atomic mass is 19.1. The van der Waals surface area contributed by atoms with Gasteiger partial charge in [-0.25, -0.2) is 9.18 Å². The summed E-state index contributed by atoms with van der Waals surface area (Å²) in [5.41, 5.74) is 3.52. The highest BCUT2D eigenvalue weighted by Crippen LogP contribution is 2.21. The van der Waals surface area contributed by atoms with Gasteiger partial charge in [0.05, 0.1) is 17.9 Å². The van der Waals surface area contributed by atoms with E-state index in [1.165, 1.54) is 6.07 Å². The molecule has 0 saturated heterocycles. The van der Waals surface area contributed by atoms with Gasteiger partial charge in [0.25, 0.3) is 0 Å². The minimum Gasteiger partial charge on any atom is -0.462 e. The van der Waals surface area contributed by atoms with Crippen LogP contribution in [-0.2, 0) is 24.1 Å². The lowest BCUT2D eigenvalue weighted by molar-refractivity contribution is 0.0524. The molecule has 120 valence electrons. The summed E-state index contributed by atoms with van der Waals surface area (Å²) >= 11 is 0. The molecule has 1 aromatic carbocycles. The Morgan fingerprint density at radius 1 is 1.39 bits per heavy atom. The van der Waals surface area contributed by atoms with Gasteiger partial charge in [-0.15, -0.1) is 0 Å². The second-order valence-electron chi connectivity index (χ2n) is 5.50. The van der Waals surface area contributed by atoms with Gasteiger partial charge in [-0.2, -0.15) is 0 Å². The molecule has 0 bridgehead atoms. The van der Waals surface area contributed by atoms with E-state index < -0.39 is 5.97 Å². The smallest absolute Gasteiger partial charge is 0.340 e. The Morgan fingerprint density at radius 2 is 2.22 bits per heavy atom. The van der Waals surface area contributed by atoms with Gasteiger partial charge < -0.3 is 10.1 Å². The van der Waals surface area contributed by atoms with Crippen LogP contribution in [0.3, 0.4) is 0 Å². The Bertz CT molecular complexity index is 731. The molecule has 2 heterocycles. The van der Waals surface area contributed by atoms with Gasteiger partial charge >= 0.3 is 5.97 Å². The lowest BCUT2D eigenvalue weighted by Crippen LogP contribution is -2.26. The number of ether oxygens (including phenoxy) is 1. The van der Waals surface area contributed by atoms with E-state index in [-0.39, 0.29) is 12.2 Å². The molecule has 4 nitrogen and oxygen atoms in total. The highest BCUT2D eigenvalue weighted by Gasteiger charge is 2.20. The molecule has 0 saturated carbocycles. The van der Waals surface area contributed by atoms with Gasteiger partial charge in [-0.05, 0) is 30.2 Å². The van der Waals surface area contributed by atoms with Crippen LogP contribution in [-0.4, -0.2) is 24.1 Å². The van der Waals surface area contributed by atoms with Crippen LogP contribution in [0.5, 0.6) is 0 Å². The number of nitrogens with one attached hydrogen (secondary N) is 1. The van der Waals surface area contributed by atoms with Crippen LogP contribution in [0.15, 0.2) is 30.3 Å². The second kappa shape index (κ2) is 6.87. The number of rotatable bonds is 4. The van der Waals surface area contributed by atoms with Crippen molar-refractivity contribution in [3.05, 3.63) is 64.2 Å². The molecule has 0 aliphatic carbocycles. The Kier molecular flexibility index (Phi) is 4.67. The van der Waals surface area contributed by atoms with Crippen LogP contribution in [0.4, 0.5) is 4.39 Å². The summed E-state index contributed by atoms with van der Waals surface area (Å²) in [6.07, 6.45) is 1.09. The summed E-state index contributed by atoms with van der Waals surface area (Å²) in [5, 5.41) is 3.27. The van der Waals surface area contributed by atoms with Crippen molar-refractivity contribution in [2.45, 2.75) is 26.3 Å². The summed E-state index contributed by atoms with van der Waals surface area (Å²) in [7, 11) is 0. The van der Waals surface area contributed by atoms with Crippen molar-refractivity contribution in [3.8, 4) is 0 Å². The van der Waals surface area contributed by atoms with E-state index >= 15 is 0 Å². The maximum absolute atomic E-state index is 13.9. The average Bonchev–Trinajstić information content (AvgIpc) is 2.56. The van der Waals surface area contributed by atoms with Gasteiger partial charge in [-0.3, -0.25) is 4.98 Å². The molecule has 1 aliphatic heterocycles. The summed E-state index contributed by atoms with van der Waals surface area (Å²) in [6.45, 7) is 3.61. The Labute approximate surface area is 134 Å². The number of carbonyl (C=O) groups is 1. The number of esters is 1. The quantitative estimate of drug-likeness (QED) is 0.882. The number of nitrogens with zero attached hydrogens (tertiary/aromatic N) is 1. The van der Waals surface area contributed by atoms with Gasteiger partial charge in [0, 0.05) is 31.6 Å². The largest absolute Gasteiger partial charge is 0.462 e. The van der Waals surface area contributed by atoms with E-state index in [9.17, 15) is 9.18 Å². The third-order valence-corrected chi connectivity index (χ3v) is 3.94. The Hall–Kier alpha value is -2.27. The molecule has 2 aromatic rings.